The number of hydrogen-bond acceptors (Lipinski definition) is 9. The van der Waals surface area contributed by atoms with E-state index in [2.05, 4.69) is 20.4 Å². The molecule has 0 atom stereocenters. The fourth-order valence-electron chi connectivity index (χ4n) is 3.97. The number of benzene rings is 1. The molecule has 4 aromatic heterocycles. The van der Waals surface area contributed by atoms with E-state index in [1.807, 2.05) is 6.07 Å². The number of primary amides is 1. The molecule has 5 aromatic rings. The van der Waals surface area contributed by atoms with Gasteiger partial charge in [0.2, 0.25) is 11.7 Å². The largest absolute Gasteiger partial charge is 0.366 e. The van der Waals surface area contributed by atoms with Gasteiger partial charge in [0.15, 0.2) is 0 Å². The molecule has 206 valence electrons. The molecule has 11 nitrogen and oxygen atoms in total. The van der Waals surface area contributed by atoms with Gasteiger partial charge in [0.05, 0.1) is 34.3 Å². The minimum atomic E-state index is -0.693. The maximum atomic E-state index is 13.6. The smallest absolute Gasteiger partial charge is 0.280 e. The van der Waals surface area contributed by atoms with Crippen molar-refractivity contribution in [2.24, 2.45) is 5.73 Å². The van der Waals surface area contributed by atoms with Crippen LogP contribution in [-0.2, 0) is 13.1 Å². The molecule has 1 amide bonds. The van der Waals surface area contributed by atoms with E-state index in [1.165, 1.54) is 72.4 Å². The van der Waals surface area contributed by atoms with Gasteiger partial charge < -0.3 is 11.1 Å². The third kappa shape index (κ3) is 6.09. The van der Waals surface area contributed by atoms with Crippen LogP contribution >= 0.6 is 34.5 Å². The predicted octanol–water partition coefficient (Wildman–Crippen LogP) is 4.15. The standard InChI is InChI=1S/C27H19Cl2N7O4S/c28-18-5-7-24(38)35(14-21(37)20-13-31-8-9-32-20)25(18)19-11-23(33-12-17-4-6-22(29)41-17)36(34-19)27(40)16-3-1-2-15(10-16)26(30)39/h1-11,13,33H,12,14H2,(H2,30,39). The Bertz CT molecular complexity index is 1850. The quantitative estimate of drug-likeness (QED) is 0.237. The lowest BCUT2D eigenvalue weighted by atomic mass is 10.1. The van der Waals surface area contributed by atoms with Gasteiger partial charge in [-0.1, -0.05) is 29.3 Å². The summed E-state index contributed by atoms with van der Waals surface area (Å²) in [5.74, 6) is -1.49. The number of rotatable bonds is 9. The van der Waals surface area contributed by atoms with E-state index in [4.69, 9.17) is 28.9 Å². The summed E-state index contributed by atoms with van der Waals surface area (Å²) in [5, 5.41) is 7.77. The maximum Gasteiger partial charge on any atom is 0.280 e. The second-order valence-corrected chi connectivity index (χ2v) is 10.8. The Kier molecular flexibility index (Phi) is 8.06. The molecule has 14 heteroatoms. The molecule has 0 aliphatic heterocycles. The summed E-state index contributed by atoms with van der Waals surface area (Å²) in [6, 6.07) is 13.6. The minimum absolute atomic E-state index is 0.0670. The van der Waals surface area contributed by atoms with Crippen molar-refractivity contribution in [3.8, 4) is 11.4 Å². The van der Waals surface area contributed by atoms with Crippen LogP contribution in [-0.4, -0.2) is 41.9 Å². The molecule has 0 saturated carbocycles. The fourth-order valence-corrected chi connectivity index (χ4v) is 5.26. The Labute approximate surface area is 246 Å². The normalized spacial score (nSPS) is 10.9. The number of halogens is 2. The number of nitrogens with zero attached hydrogens (tertiary/aromatic N) is 5. The highest BCUT2D eigenvalue weighted by Crippen LogP contribution is 2.30. The number of amides is 1. The predicted molar refractivity (Wildman–Crippen MR) is 155 cm³/mol. The van der Waals surface area contributed by atoms with Crippen LogP contribution in [0.15, 0.2) is 78.0 Å². The minimum Gasteiger partial charge on any atom is -0.366 e. The highest BCUT2D eigenvalue weighted by Gasteiger charge is 2.23. The van der Waals surface area contributed by atoms with Crippen LogP contribution in [0.5, 0.6) is 0 Å². The van der Waals surface area contributed by atoms with E-state index in [1.54, 1.807) is 6.07 Å². The molecule has 1 aromatic carbocycles. The SMILES string of the molecule is NC(=O)c1cccc(C(=O)n2nc(-c3c(Cl)ccc(=O)n3CC(=O)c3cnccn3)cc2NCc2ccc(Cl)s2)c1. The Balaban J connectivity index is 1.59. The van der Waals surface area contributed by atoms with E-state index in [9.17, 15) is 19.2 Å². The van der Waals surface area contributed by atoms with Gasteiger partial charge in [-0.3, -0.25) is 28.7 Å². The van der Waals surface area contributed by atoms with Gasteiger partial charge in [-0.2, -0.15) is 9.78 Å². The molecule has 0 unspecified atom stereocenters. The molecule has 4 heterocycles. The first-order chi connectivity index (χ1) is 19.7. The first-order valence-corrected chi connectivity index (χ1v) is 13.5. The van der Waals surface area contributed by atoms with Gasteiger partial charge in [0.25, 0.3) is 11.5 Å². The zero-order chi connectivity index (χ0) is 29.1. The van der Waals surface area contributed by atoms with Crippen molar-refractivity contribution in [1.29, 1.82) is 0 Å². The summed E-state index contributed by atoms with van der Waals surface area (Å²) in [6.45, 7) is -0.0943. The van der Waals surface area contributed by atoms with Crippen LogP contribution in [0, 0.1) is 0 Å². The van der Waals surface area contributed by atoms with E-state index in [0.717, 1.165) is 14.1 Å². The molecular formula is C27H19Cl2N7O4S. The highest BCUT2D eigenvalue weighted by molar-refractivity contribution is 7.16. The number of thiophene rings is 1. The molecule has 41 heavy (non-hydrogen) atoms. The molecule has 0 bridgehead atoms. The lowest BCUT2D eigenvalue weighted by molar-refractivity contribution is 0.0944. The third-order valence-electron chi connectivity index (χ3n) is 5.90. The fraction of sp³-hybridized carbons (Fsp3) is 0.0741. The first kappa shape index (κ1) is 27.9. The monoisotopic (exact) mass is 607 g/mol. The van der Waals surface area contributed by atoms with E-state index < -0.39 is 29.7 Å². The van der Waals surface area contributed by atoms with Crippen LogP contribution in [0.3, 0.4) is 0 Å². The Morgan fingerprint density at radius 1 is 1.00 bits per heavy atom. The molecular weight excluding hydrogens is 589 g/mol. The number of anilines is 1. The number of nitrogens with two attached hydrogens (primary N) is 1. The van der Waals surface area contributed by atoms with Crippen molar-refractivity contribution < 1.29 is 14.4 Å². The van der Waals surface area contributed by atoms with E-state index in [-0.39, 0.29) is 39.0 Å². The highest BCUT2D eigenvalue weighted by atomic mass is 35.5. The summed E-state index contributed by atoms with van der Waals surface area (Å²) in [7, 11) is 0. The Morgan fingerprint density at radius 2 is 1.80 bits per heavy atom. The molecule has 0 fully saturated rings. The number of hydrogen-bond donors (Lipinski definition) is 2. The van der Waals surface area contributed by atoms with Crippen LogP contribution < -0.4 is 16.6 Å². The average Bonchev–Trinajstić information content (AvgIpc) is 3.59. The Hall–Kier alpha value is -4.65. The van der Waals surface area contributed by atoms with Gasteiger partial charge in [0.1, 0.15) is 17.2 Å². The number of nitrogens with one attached hydrogen (secondary N) is 1. The number of ketones is 1. The van der Waals surface area contributed by atoms with Crippen LogP contribution in [0.25, 0.3) is 11.4 Å². The lowest BCUT2D eigenvalue weighted by Crippen LogP contribution is -2.26. The second kappa shape index (κ2) is 11.8. The van der Waals surface area contributed by atoms with Crippen molar-refractivity contribution in [3.63, 3.8) is 0 Å². The van der Waals surface area contributed by atoms with Gasteiger partial charge in [-0.25, -0.2) is 4.98 Å². The number of Topliss-reactive ketones (excluding diaryl/α,β-unsaturated/α-hetero) is 1. The maximum absolute atomic E-state index is 13.6. The molecule has 3 N–H and O–H groups in total. The van der Waals surface area contributed by atoms with Gasteiger partial charge >= 0.3 is 0 Å². The van der Waals surface area contributed by atoms with Crippen molar-refractivity contribution in [1.82, 2.24) is 24.3 Å². The zero-order valence-corrected chi connectivity index (χ0v) is 23.3. The summed E-state index contributed by atoms with van der Waals surface area (Å²) in [4.78, 5) is 60.0. The summed E-state index contributed by atoms with van der Waals surface area (Å²) >= 11 is 14.0. The van der Waals surface area contributed by atoms with Crippen LogP contribution in [0.1, 0.15) is 36.1 Å². The molecule has 0 aliphatic carbocycles. The molecule has 0 saturated heterocycles. The summed E-state index contributed by atoms with van der Waals surface area (Å²) < 4.78 is 2.85. The van der Waals surface area contributed by atoms with Crippen LogP contribution in [0.4, 0.5) is 5.82 Å². The molecule has 0 spiro atoms. The van der Waals surface area contributed by atoms with E-state index in [0.29, 0.717) is 10.9 Å². The van der Waals surface area contributed by atoms with Gasteiger partial charge in [-0.05, 0) is 36.4 Å². The lowest BCUT2D eigenvalue weighted by Gasteiger charge is -2.12. The van der Waals surface area contributed by atoms with Crippen LogP contribution in [0.2, 0.25) is 9.36 Å². The first-order valence-electron chi connectivity index (χ1n) is 11.9. The number of carbonyl (C=O) groups is 3. The van der Waals surface area contributed by atoms with Crippen molar-refractivity contribution in [2.75, 3.05) is 5.32 Å². The van der Waals surface area contributed by atoms with Crippen molar-refractivity contribution in [2.45, 2.75) is 13.1 Å². The van der Waals surface area contributed by atoms with Gasteiger partial charge in [-0.15, -0.1) is 11.3 Å². The summed E-state index contributed by atoms with van der Waals surface area (Å²) in [5.41, 5.74) is 5.51. The van der Waals surface area contributed by atoms with E-state index >= 15 is 0 Å². The molecule has 5 rings (SSSR count). The molecule has 0 radical (unpaired) electrons. The number of pyridine rings is 1. The molecule has 0 aliphatic rings. The van der Waals surface area contributed by atoms with Crippen molar-refractivity contribution >= 4 is 58.0 Å². The second-order valence-electron chi connectivity index (χ2n) is 8.60. The van der Waals surface area contributed by atoms with Crippen molar-refractivity contribution in [3.05, 3.63) is 115 Å². The topological polar surface area (TPSA) is 155 Å². The van der Waals surface area contributed by atoms with Gasteiger partial charge in [0, 0.05) is 40.5 Å². The zero-order valence-electron chi connectivity index (χ0n) is 21.0. The number of aromatic nitrogens is 5. The Morgan fingerprint density at radius 3 is 2.51 bits per heavy atom. The summed E-state index contributed by atoms with van der Waals surface area (Å²) in [6.07, 6.45) is 4.09. The number of carbonyl (C=O) groups excluding carboxylic acids is 3. The average molecular weight is 608 g/mol. The third-order valence-corrected chi connectivity index (χ3v) is 7.43.